The van der Waals surface area contributed by atoms with E-state index in [2.05, 4.69) is 5.32 Å². The third kappa shape index (κ3) is 4.10. The van der Waals surface area contributed by atoms with Gasteiger partial charge in [-0.05, 0) is 61.8 Å². The number of hydrogen-bond donors (Lipinski definition) is 1. The largest absolute Gasteiger partial charge is 0.317 e. The molecule has 3 nitrogen and oxygen atoms in total. The summed E-state index contributed by atoms with van der Waals surface area (Å²) in [6.07, 6.45) is 2.18. The van der Waals surface area contributed by atoms with Crippen LogP contribution in [0.2, 0.25) is 10.0 Å². The Balaban J connectivity index is 1.87. The van der Waals surface area contributed by atoms with Gasteiger partial charge < -0.3 is 10.2 Å². The Labute approximate surface area is 152 Å². The molecule has 0 saturated carbocycles. The zero-order valence-electron chi connectivity index (χ0n) is 13.3. The van der Waals surface area contributed by atoms with Crippen molar-refractivity contribution in [1.82, 2.24) is 5.32 Å². The second-order valence-electron chi connectivity index (χ2n) is 5.99. The second-order valence-corrected chi connectivity index (χ2v) is 6.83. The minimum absolute atomic E-state index is 0.0670. The van der Waals surface area contributed by atoms with Gasteiger partial charge in [-0.1, -0.05) is 41.4 Å². The average Bonchev–Trinajstić information content (AvgIpc) is 2.60. The lowest BCUT2D eigenvalue weighted by atomic mass is 10.0. The summed E-state index contributed by atoms with van der Waals surface area (Å²) in [7, 11) is 0. The monoisotopic (exact) mass is 362 g/mol. The van der Waals surface area contributed by atoms with Crippen LogP contribution in [0.4, 0.5) is 5.69 Å². The summed E-state index contributed by atoms with van der Waals surface area (Å²) in [5.74, 6) is 0.0670. The van der Waals surface area contributed by atoms with Gasteiger partial charge >= 0.3 is 0 Å². The first-order valence-electron chi connectivity index (χ1n) is 8.17. The molecular formula is C19H20Cl2N2O. The summed E-state index contributed by atoms with van der Waals surface area (Å²) in [4.78, 5) is 15.0. The molecule has 2 aromatic carbocycles. The predicted octanol–water partition coefficient (Wildman–Crippen LogP) is 4.32. The standard InChI is InChI=1S/C19H20Cl2N2O/c20-15-5-7-16(8-6-15)23(17-9-11-22-12-10-17)19(24)13-14-3-1-2-4-18(14)21/h1-8,17,22H,9-13H2. The van der Waals surface area contributed by atoms with Gasteiger partial charge in [-0.25, -0.2) is 0 Å². The SMILES string of the molecule is O=C(Cc1ccccc1Cl)N(c1ccc(Cl)cc1)C1CCNCC1. The van der Waals surface area contributed by atoms with Gasteiger partial charge in [-0.3, -0.25) is 4.79 Å². The van der Waals surface area contributed by atoms with Gasteiger partial charge in [0.1, 0.15) is 0 Å². The summed E-state index contributed by atoms with van der Waals surface area (Å²) in [5.41, 5.74) is 1.75. The number of carbonyl (C=O) groups is 1. The Morgan fingerprint density at radius 2 is 1.71 bits per heavy atom. The molecule has 0 atom stereocenters. The van der Waals surface area contributed by atoms with Gasteiger partial charge in [0.2, 0.25) is 5.91 Å². The van der Waals surface area contributed by atoms with E-state index >= 15 is 0 Å². The molecule has 0 aromatic heterocycles. The normalized spacial score (nSPS) is 15.2. The quantitative estimate of drug-likeness (QED) is 0.878. The number of benzene rings is 2. The molecule has 2 aromatic rings. The Kier molecular flexibility index (Phi) is 5.77. The van der Waals surface area contributed by atoms with Gasteiger partial charge in [0.25, 0.3) is 0 Å². The van der Waals surface area contributed by atoms with Crippen LogP contribution in [0, 0.1) is 0 Å². The molecule has 0 unspecified atom stereocenters. The number of rotatable bonds is 4. The molecule has 126 valence electrons. The molecule has 0 aliphatic carbocycles. The average molecular weight is 363 g/mol. The number of halogens is 2. The van der Waals surface area contributed by atoms with Crippen molar-refractivity contribution in [1.29, 1.82) is 0 Å². The lowest BCUT2D eigenvalue weighted by Crippen LogP contribution is -2.47. The van der Waals surface area contributed by atoms with Crippen LogP contribution in [-0.4, -0.2) is 25.0 Å². The number of nitrogens with zero attached hydrogens (tertiary/aromatic N) is 1. The molecule has 1 saturated heterocycles. The Bertz CT molecular complexity index is 697. The highest BCUT2D eigenvalue weighted by Gasteiger charge is 2.27. The van der Waals surface area contributed by atoms with Crippen molar-refractivity contribution in [3.8, 4) is 0 Å². The van der Waals surface area contributed by atoms with E-state index in [0.717, 1.165) is 37.2 Å². The Morgan fingerprint density at radius 1 is 1.04 bits per heavy atom. The molecule has 1 heterocycles. The van der Waals surface area contributed by atoms with Crippen LogP contribution in [0.5, 0.6) is 0 Å². The lowest BCUT2D eigenvalue weighted by molar-refractivity contribution is -0.118. The maximum Gasteiger partial charge on any atom is 0.231 e. The van der Waals surface area contributed by atoms with Crippen LogP contribution in [0.1, 0.15) is 18.4 Å². The summed E-state index contributed by atoms with van der Waals surface area (Å²) in [5, 5.41) is 4.65. The van der Waals surface area contributed by atoms with Crippen molar-refractivity contribution < 1.29 is 4.79 Å². The van der Waals surface area contributed by atoms with E-state index in [0.29, 0.717) is 16.5 Å². The fourth-order valence-electron chi connectivity index (χ4n) is 3.11. The van der Waals surface area contributed by atoms with Crippen LogP contribution >= 0.6 is 23.2 Å². The summed E-state index contributed by atoms with van der Waals surface area (Å²) in [6, 6.07) is 15.2. The highest BCUT2D eigenvalue weighted by Crippen LogP contribution is 2.26. The van der Waals surface area contributed by atoms with E-state index in [1.165, 1.54) is 0 Å². The van der Waals surface area contributed by atoms with Crippen molar-refractivity contribution >= 4 is 34.8 Å². The number of amides is 1. The van der Waals surface area contributed by atoms with Crippen molar-refractivity contribution in [2.45, 2.75) is 25.3 Å². The van der Waals surface area contributed by atoms with Crippen LogP contribution in [0.25, 0.3) is 0 Å². The van der Waals surface area contributed by atoms with E-state index in [9.17, 15) is 4.79 Å². The minimum Gasteiger partial charge on any atom is -0.317 e. The van der Waals surface area contributed by atoms with Gasteiger partial charge in [0, 0.05) is 21.8 Å². The first-order valence-corrected chi connectivity index (χ1v) is 8.92. The molecular weight excluding hydrogens is 343 g/mol. The first-order chi connectivity index (χ1) is 11.6. The number of anilines is 1. The van der Waals surface area contributed by atoms with Crippen molar-refractivity contribution in [3.63, 3.8) is 0 Å². The third-order valence-electron chi connectivity index (χ3n) is 4.35. The molecule has 0 bridgehead atoms. The molecule has 1 amide bonds. The molecule has 0 radical (unpaired) electrons. The van der Waals surface area contributed by atoms with E-state index in [4.69, 9.17) is 23.2 Å². The maximum atomic E-state index is 13.1. The molecule has 1 aliphatic rings. The highest BCUT2D eigenvalue weighted by atomic mass is 35.5. The minimum atomic E-state index is 0.0670. The molecule has 0 spiro atoms. The van der Waals surface area contributed by atoms with Crippen molar-refractivity contribution in [2.24, 2.45) is 0 Å². The van der Waals surface area contributed by atoms with E-state index in [1.807, 2.05) is 53.4 Å². The van der Waals surface area contributed by atoms with E-state index < -0.39 is 0 Å². The molecule has 1 N–H and O–H groups in total. The summed E-state index contributed by atoms with van der Waals surface area (Å²) in [6.45, 7) is 1.85. The first kappa shape index (κ1) is 17.3. The Hall–Kier alpha value is -1.55. The summed E-state index contributed by atoms with van der Waals surface area (Å²) < 4.78 is 0. The molecule has 24 heavy (non-hydrogen) atoms. The number of carbonyl (C=O) groups excluding carboxylic acids is 1. The maximum absolute atomic E-state index is 13.1. The van der Waals surface area contributed by atoms with Crippen LogP contribution in [0.15, 0.2) is 48.5 Å². The van der Waals surface area contributed by atoms with Gasteiger partial charge in [0.15, 0.2) is 0 Å². The number of nitrogens with one attached hydrogen (secondary N) is 1. The van der Waals surface area contributed by atoms with Crippen LogP contribution in [0.3, 0.4) is 0 Å². The number of hydrogen-bond acceptors (Lipinski definition) is 2. The summed E-state index contributed by atoms with van der Waals surface area (Å²) >= 11 is 12.2. The fraction of sp³-hybridized carbons (Fsp3) is 0.316. The second kappa shape index (κ2) is 8.02. The zero-order valence-corrected chi connectivity index (χ0v) is 14.9. The van der Waals surface area contributed by atoms with Gasteiger partial charge in [-0.15, -0.1) is 0 Å². The Morgan fingerprint density at radius 3 is 2.38 bits per heavy atom. The van der Waals surface area contributed by atoms with Gasteiger partial charge in [-0.2, -0.15) is 0 Å². The highest BCUT2D eigenvalue weighted by molar-refractivity contribution is 6.31. The van der Waals surface area contributed by atoms with Crippen LogP contribution < -0.4 is 10.2 Å². The van der Waals surface area contributed by atoms with E-state index in [1.54, 1.807) is 0 Å². The van der Waals surface area contributed by atoms with Gasteiger partial charge in [0.05, 0.1) is 6.42 Å². The lowest BCUT2D eigenvalue weighted by Gasteiger charge is -2.35. The predicted molar refractivity (Wildman–Crippen MR) is 100.0 cm³/mol. The van der Waals surface area contributed by atoms with E-state index in [-0.39, 0.29) is 11.9 Å². The van der Waals surface area contributed by atoms with Crippen molar-refractivity contribution in [3.05, 3.63) is 64.1 Å². The molecule has 1 fully saturated rings. The topological polar surface area (TPSA) is 32.3 Å². The van der Waals surface area contributed by atoms with Crippen molar-refractivity contribution in [2.75, 3.05) is 18.0 Å². The number of piperidine rings is 1. The zero-order chi connectivity index (χ0) is 16.9. The molecule has 3 rings (SSSR count). The third-order valence-corrected chi connectivity index (χ3v) is 4.97. The smallest absolute Gasteiger partial charge is 0.231 e. The molecule has 1 aliphatic heterocycles. The molecule has 5 heteroatoms. The fourth-order valence-corrected chi connectivity index (χ4v) is 3.44. The van der Waals surface area contributed by atoms with Crippen LogP contribution in [-0.2, 0) is 11.2 Å².